The highest BCUT2D eigenvalue weighted by Gasteiger charge is 2.09. The van der Waals surface area contributed by atoms with Crippen LogP contribution in [-0.2, 0) is 0 Å². The minimum atomic E-state index is 0.424. The van der Waals surface area contributed by atoms with Gasteiger partial charge in [-0.15, -0.1) is 10.2 Å². The number of anilines is 2. The van der Waals surface area contributed by atoms with Gasteiger partial charge in [-0.1, -0.05) is 29.3 Å². The molecular weight excluding hydrogens is 269 g/mol. The van der Waals surface area contributed by atoms with Gasteiger partial charge < -0.3 is 5.32 Å². The van der Waals surface area contributed by atoms with Crippen molar-refractivity contribution in [2.24, 2.45) is 0 Å². The van der Waals surface area contributed by atoms with Gasteiger partial charge in [0.2, 0.25) is 0 Å². The van der Waals surface area contributed by atoms with Crippen molar-refractivity contribution in [2.45, 2.75) is 20.8 Å². The molecule has 18 heavy (non-hydrogen) atoms. The van der Waals surface area contributed by atoms with Crippen LogP contribution in [0.4, 0.5) is 11.5 Å². The summed E-state index contributed by atoms with van der Waals surface area (Å²) in [4.78, 5) is 0. The molecule has 1 aromatic carbocycles. The summed E-state index contributed by atoms with van der Waals surface area (Å²) in [6, 6.07) is 5.78. The number of halogens is 2. The molecule has 2 rings (SSSR count). The first-order valence-electron chi connectivity index (χ1n) is 5.51. The van der Waals surface area contributed by atoms with E-state index in [1.165, 1.54) is 0 Å². The molecule has 3 nitrogen and oxygen atoms in total. The van der Waals surface area contributed by atoms with Gasteiger partial charge in [-0.05, 0) is 49.6 Å². The fraction of sp³-hybridized carbons (Fsp3) is 0.231. The van der Waals surface area contributed by atoms with E-state index < -0.39 is 0 Å². The minimum absolute atomic E-state index is 0.424. The highest BCUT2D eigenvalue weighted by atomic mass is 35.5. The molecule has 0 saturated carbocycles. The Labute approximate surface area is 116 Å². The van der Waals surface area contributed by atoms with Crippen LogP contribution in [0.25, 0.3) is 0 Å². The lowest BCUT2D eigenvalue weighted by molar-refractivity contribution is 1.00. The first-order valence-corrected chi connectivity index (χ1v) is 6.27. The van der Waals surface area contributed by atoms with Crippen molar-refractivity contribution >= 4 is 34.7 Å². The molecule has 2 aromatic rings. The Morgan fingerprint density at radius 2 is 1.72 bits per heavy atom. The Balaban J connectivity index is 2.40. The largest absolute Gasteiger partial charge is 0.337 e. The van der Waals surface area contributed by atoms with Crippen molar-refractivity contribution in [1.29, 1.82) is 0 Å². The molecule has 0 bridgehead atoms. The van der Waals surface area contributed by atoms with E-state index in [-0.39, 0.29) is 0 Å². The zero-order valence-corrected chi connectivity index (χ0v) is 11.9. The maximum Gasteiger partial charge on any atom is 0.156 e. The van der Waals surface area contributed by atoms with E-state index in [1.807, 2.05) is 39.0 Å². The topological polar surface area (TPSA) is 37.8 Å². The zero-order valence-electron chi connectivity index (χ0n) is 10.4. The van der Waals surface area contributed by atoms with Crippen molar-refractivity contribution in [3.05, 3.63) is 45.1 Å². The maximum atomic E-state index is 6.13. The molecule has 5 heteroatoms. The number of hydrogen-bond donors (Lipinski definition) is 1. The van der Waals surface area contributed by atoms with Gasteiger partial charge in [0.25, 0.3) is 0 Å². The lowest BCUT2D eigenvalue weighted by Gasteiger charge is -2.12. The summed E-state index contributed by atoms with van der Waals surface area (Å²) in [6.45, 7) is 5.87. The van der Waals surface area contributed by atoms with Gasteiger partial charge in [-0.2, -0.15) is 0 Å². The van der Waals surface area contributed by atoms with Gasteiger partial charge in [-0.3, -0.25) is 0 Å². The standard InChI is InChI=1S/C13H13Cl2N3/c1-7-4-5-10(14)11(6-7)16-13-9(3)8(2)12(15)17-18-13/h4-6H,1-3H3,(H,16,18). The molecule has 0 unspecified atom stereocenters. The molecule has 1 N–H and O–H groups in total. The number of nitrogens with one attached hydrogen (secondary N) is 1. The summed E-state index contributed by atoms with van der Waals surface area (Å²) in [5, 5.41) is 12.2. The van der Waals surface area contributed by atoms with Crippen LogP contribution in [0.2, 0.25) is 10.2 Å². The third-order valence-electron chi connectivity index (χ3n) is 2.84. The predicted molar refractivity (Wildman–Crippen MR) is 76.0 cm³/mol. The van der Waals surface area contributed by atoms with Crippen LogP contribution >= 0.6 is 23.2 Å². The van der Waals surface area contributed by atoms with Crippen LogP contribution in [0.15, 0.2) is 18.2 Å². The van der Waals surface area contributed by atoms with Gasteiger partial charge in [0, 0.05) is 0 Å². The summed E-state index contributed by atoms with van der Waals surface area (Å²) >= 11 is 12.1. The lowest BCUT2D eigenvalue weighted by atomic mass is 10.2. The number of rotatable bonds is 2. The molecule has 1 heterocycles. The SMILES string of the molecule is Cc1ccc(Cl)c(Nc2nnc(Cl)c(C)c2C)c1. The van der Waals surface area contributed by atoms with Crippen LogP contribution < -0.4 is 5.32 Å². The molecule has 0 aliphatic carbocycles. The normalized spacial score (nSPS) is 10.5. The number of nitrogens with zero attached hydrogens (tertiary/aromatic N) is 2. The van der Waals surface area contributed by atoms with E-state index in [0.717, 1.165) is 22.4 Å². The van der Waals surface area contributed by atoms with E-state index in [4.69, 9.17) is 23.2 Å². The molecule has 0 atom stereocenters. The summed E-state index contributed by atoms with van der Waals surface area (Å²) in [5.41, 5.74) is 3.82. The second kappa shape index (κ2) is 5.12. The molecule has 0 aliphatic heterocycles. The number of aromatic nitrogens is 2. The van der Waals surface area contributed by atoms with E-state index in [0.29, 0.717) is 16.0 Å². The fourth-order valence-electron chi connectivity index (χ4n) is 1.56. The van der Waals surface area contributed by atoms with Crippen molar-refractivity contribution in [2.75, 3.05) is 5.32 Å². The van der Waals surface area contributed by atoms with Gasteiger partial charge in [0.1, 0.15) is 0 Å². The maximum absolute atomic E-state index is 6.13. The van der Waals surface area contributed by atoms with Gasteiger partial charge >= 0.3 is 0 Å². The molecule has 0 aliphatic rings. The zero-order chi connectivity index (χ0) is 13.3. The molecular formula is C13H13Cl2N3. The second-order valence-corrected chi connectivity index (χ2v) is 4.96. The monoisotopic (exact) mass is 281 g/mol. The first-order chi connectivity index (χ1) is 8.49. The van der Waals surface area contributed by atoms with Crippen molar-refractivity contribution in [1.82, 2.24) is 10.2 Å². The summed E-state index contributed by atoms with van der Waals surface area (Å²) in [6.07, 6.45) is 0. The van der Waals surface area contributed by atoms with Gasteiger partial charge in [-0.25, -0.2) is 0 Å². The van der Waals surface area contributed by atoms with Crippen LogP contribution in [0.3, 0.4) is 0 Å². The number of hydrogen-bond acceptors (Lipinski definition) is 3. The molecule has 0 spiro atoms. The smallest absolute Gasteiger partial charge is 0.156 e. The molecule has 0 saturated heterocycles. The average molecular weight is 282 g/mol. The molecule has 0 radical (unpaired) electrons. The number of benzene rings is 1. The van der Waals surface area contributed by atoms with E-state index in [1.54, 1.807) is 0 Å². The third-order valence-corrected chi connectivity index (χ3v) is 3.53. The molecule has 1 aromatic heterocycles. The fourth-order valence-corrected chi connectivity index (χ4v) is 1.90. The Morgan fingerprint density at radius 1 is 1.00 bits per heavy atom. The number of aryl methyl sites for hydroxylation is 1. The van der Waals surface area contributed by atoms with Crippen molar-refractivity contribution in [3.63, 3.8) is 0 Å². The highest BCUT2D eigenvalue weighted by molar-refractivity contribution is 6.33. The lowest BCUT2D eigenvalue weighted by Crippen LogP contribution is -2.01. The average Bonchev–Trinajstić information content (AvgIpc) is 2.34. The van der Waals surface area contributed by atoms with E-state index >= 15 is 0 Å². The van der Waals surface area contributed by atoms with Crippen molar-refractivity contribution in [3.8, 4) is 0 Å². The molecule has 94 valence electrons. The van der Waals surface area contributed by atoms with Crippen LogP contribution in [-0.4, -0.2) is 10.2 Å². The summed E-state index contributed by atoms with van der Waals surface area (Å²) in [7, 11) is 0. The van der Waals surface area contributed by atoms with Gasteiger partial charge in [0.15, 0.2) is 11.0 Å². The Morgan fingerprint density at radius 3 is 2.44 bits per heavy atom. The minimum Gasteiger partial charge on any atom is -0.337 e. The predicted octanol–water partition coefficient (Wildman–Crippen LogP) is 4.45. The molecule has 0 amide bonds. The van der Waals surface area contributed by atoms with Gasteiger partial charge in [0.05, 0.1) is 10.7 Å². The summed E-state index contributed by atoms with van der Waals surface area (Å²) in [5.74, 6) is 0.671. The van der Waals surface area contributed by atoms with Crippen LogP contribution in [0.5, 0.6) is 0 Å². The highest BCUT2D eigenvalue weighted by Crippen LogP contribution is 2.28. The second-order valence-electron chi connectivity index (χ2n) is 4.20. The van der Waals surface area contributed by atoms with E-state index in [9.17, 15) is 0 Å². The van der Waals surface area contributed by atoms with Crippen molar-refractivity contribution < 1.29 is 0 Å². The Hall–Kier alpha value is -1.32. The van der Waals surface area contributed by atoms with Crippen LogP contribution in [0, 0.1) is 20.8 Å². The quantitative estimate of drug-likeness (QED) is 0.884. The Bertz CT molecular complexity index is 597. The molecule has 0 fully saturated rings. The van der Waals surface area contributed by atoms with Crippen LogP contribution in [0.1, 0.15) is 16.7 Å². The summed E-state index contributed by atoms with van der Waals surface area (Å²) < 4.78 is 0. The Kier molecular flexibility index (Phi) is 3.73. The third kappa shape index (κ3) is 2.57. The first kappa shape index (κ1) is 13.1. The van der Waals surface area contributed by atoms with E-state index in [2.05, 4.69) is 15.5 Å².